The fourth-order valence-corrected chi connectivity index (χ4v) is 0.921. The van der Waals surface area contributed by atoms with E-state index in [1.165, 1.54) is 36.7 Å². The quantitative estimate of drug-likeness (QED) is 0.404. The molecule has 0 aliphatic heterocycles. The molecule has 0 atom stereocenters. The van der Waals surface area contributed by atoms with Gasteiger partial charge in [-0.25, -0.2) is 5.48 Å². The zero-order valence-electron chi connectivity index (χ0n) is 7.07. The molecule has 68 valence electrons. The molecule has 1 aromatic carbocycles. The summed E-state index contributed by atoms with van der Waals surface area (Å²) in [6, 6.07) is 6.02. The minimum Gasteiger partial charge on any atom is -0.295 e. The topological polar surface area (TPSA) is 66.4 Å². The van der Waals surface area contributed by atoms with E-state index < -0.39 is 5.91 Å². The van der Waals surface area contributed by atoms with Crippen molar-refractivity contribution in [2.45, 2.75) is 6.92 Å². The summed E-state index contributed by atoms with van der Waals surface area (Å²) >= 11 is 0. The highest BCUT2D eigenvalue weighted by Gasteiger charge is 2.04. The van der Waals surface area contributed by atoms with Gasteiger partial charge in [0, 0.05) is 11.1 Å². The third-order valence-corrected chi connectivity index (χ3v) is 1.66. The van der Waals surface area contributed by atoms with Crippen LogP contribution >= 0.6 is 0 Å². The SMILES string of the molecule is CC(=O)c1ccc(C(=O)NO)cc1. The lowest BCUT2D eigenvalue weighted by Gasteiger charge is -1.99. The molecule has 0 aliphatic rings. The average molecular weight is 179 g/mol. The van der Waals surface area contributed by atoms with Gasteiger partial charge in [0.1, 0.15) is 0 Å². The van der Waals surface area contributed by atoms with E-state index in [9.17, 15) is 9.59 Å². The molecule has 0 unspecified atom stereocenters. The third-order valence-electron chi connectivity index (χ3n) is 1.66. The van der Waals surface area contributed by atoms with Gasteiger partial charge < -0.3 is 0 Å². The number of rotatable bonds is 2. The van der Waals surface area contributed by atoms with Gasteiger partial charge in [0.25, 0.3) is 5.91 Å². The average Bonchev–Trinajstić information content (AvgIpc) is 2.17. The third kappa shape index (κ3) is 2.13. The maximum atomic E-state index is 10.8. The number of hydrogen-bond donors (Lipinski definition) is 2. The zero-order chi connectivity index (χ0) is 9.84. The molecular weight excluding hydrogens is 170 g/mol. The molecule has 1 aromatic rings. The molecule has 0 spiro atoms. The minimum atomic E-state index is -0.588. The normalized spacial score (nSPS) is 9.38. The van der Waals surface area contributed by atoms with E-state index in [2.05, 4.69) is 0 Å². The molecule has 1 amide bonds. The summed E-state index contributed by atoms with van der Waals surface area (Å²) in [5.41, 5.74) is 2.36. The molecular formula is C9H9NO3. The van der Waals surface area contributed by atoms with Crippen molar-refractivity contribution in [3.63, 3.8) is 0 Å². The van der Waals surface area contributed by atoms with Crippen LogP contribution in [0.1, 0.15) is 27.6 Å². The van der Waals surface area contributed by atoms with E-state index in [0.29, 0.717) is 11.1 Å². The maximum absolute atomic E-state index is 10.8. The molecule has 0 bridgehead atoms. The van der Waals surface area contributed by atoms with E-state index in [4.69, 9.17) is 5.21 Å². The number of ketones is 1. The first-order valence-electron chi connectivity index (χ1n) is 3.70. The van der Waals surface area contributed by atoms with E-state index in [1.807, 2.05) is 0 Å². The summed E-state index contributed by atoms with van der Waals surface area (Å²) in [5, 5.41) is 8.30. The number of nitrogens with one attached hydrogen (secondary N) is 1. The minimum absolute atomic E-state index is 0.0593. The van der Waals surface area contributed by atoms with Crippen LogP contribution in [0, 0.1) is 0 Å². The van der Waals surface area contributed by atoms with Crippen LogP contribution in [-0.2, 0) is 0 Å². The molecule has 1 rings (SSSR count). The van der Waals surface area contributed by atoms with Gasteiger partial charge in [-0.1, -0.05) is 12.1 Å². The van der Waals surface area contributed by atoms with E-state index in [1.54, 1.807) is 0 Å². The second-order valence-corrected chi connectivity index (χ2v) is 2.57. The highest BCUT2D eigenvalue weighted by Crippen LogP contribution is 2.04. The Kier molecular flexibility index (Phi) is 2.76. The Bertz CT molecular complexity index is 329. The number of hydroxylamine groups is 1. The van der Waals surface area contributed by atoms with Crippen molar-refractivity contribution < 1.29 is 14.8 Å². The van der Waals surface area contributed by atoms with Gasteiger partial charge >= 0.3 is 0 Å². The van der Waals surface area contributed by atoms with Crippen LogP contribution < -0.4 is 5.48 Å². The van der Waals surface area contributed by atoms with Gasteiger partial charge in [0.05, 0.1) is 0 Å². The Balaban J connectivity index is 2.93. The van der Waals surface area contributed by atoms with Crippen molar-refractivity contribution in [2.75, 3.05) is 0 Å². The van der Waals surface area contributed by atoms with Gasteiger partial charge in [0.15, 0.2) is 5.78 Å². The smallest absolute Gasteiger partial charge is 0.274 e. The lowest BCUT2D eigenvalue weighted by molar-refractivity contribution is 0.0706. The number of carbonyl (C=O) groups is 2. The molecule has 4 heteroatoms. The number of amides is 1. The van der Waals surface area contributed by atoms with Crippen LogP contribution in [0.4, 0.5) is 0 Å². The Morgan fingerprint density at radius 2 is 1.62 bits per heavy atom. The molecule has 13 heavy (non-hydrogen) atoms. The maximum Gasteiger partial charge on any atom is 0.274 e. The summed E-state index contributed by atoms with van der Waals surface area (Å²) in [6.07, 6.45) is 0. The first kappa shape index (κ1) is 9.41. The Hall–Kier alpha value is -1.68. The summed E-state index contributed by atoms with van der Waals surface area (Å²) in [4.78, 5) is 21.7. The lowest BCUT2D eigenvalue weighted by atomic mass is 10.1. The van der Waals surface area contributed by atoms with Gasteiger partial charge in [0.2, 0.25) is 0 Å². The molecule has 0 saturated carbocycles. The summed E-state index contributed by atoms with van der Waals surface area (Å²) in [7, 11) is 0. The van der Waals surface area contributed by atoms with Crippen molar-refractivity contribution in [1.82, 2.24) is 5.48 Å². The van der Waals surface area contributed by atoms with E-state index >= 15 is 0 Å². The second-order valence-electron chi connectivity index (χ2n) is 2.57. The molecule has 0 radical (unpaired) electrons. The first-order chi connectivity index (χ1) is 6.15. The fraction of sp³-hybridized carbons (Fsp3) is 0.111. The van der Waals surface area contributed by atoms with Crippen LogP contribution in [-0.4, -0.2) is 16.9 Å². The van der Waals surface area contributed by atoms with Gasteiger partial charge in [-0.15, -0.1) is 0 Å². The molecule has 0 aromatic heterocycles. The highest BCUT2D eigenvalue weighted by atomic mass is 16.5. The molecule has 2 N–H and O–H groups in total. The van der Waals surface area contributed by atoms with Gasteiger partial charge in [-0.3, -0.25) is 14.8 Å². The number of hydrogen-bond acceptors (Lipinski definition) is 3. The largest absolute Gasteiger partial charge is 0.295 e. The van der Waals surface area contributed by atoms with E-state index in [0.717, 1.165) is 0 Å². The number of Topliss-reactive ketones (excluding diaryl/α,β-unsaturated/α-hetero) is 1. The van der Waals surface area contributed by atoms with Gasteiger partial charge in [-0.2, -0.15) is 0 Å². The summed E-state index contributed by atoms with van der Waals surface area (Å²) in [5.74, 6) is -0.647. The molecule has 0 heterocycles. The molecule has 0 fully saturated rings. The predicted octanol–water partition coefficient (Wildman–Crippen LogP) is 1.01. The van der Waals surface area contributed by atoms with E-state index in [-0.39, 0.29) is 5.78 Å². The van der Waals surface area contributed by atoms with Crippen LogP contribution in [0.5, 0.6) is 0 Å². The van der Waals surface area contributed by atoms with Crippen LogP contribution in [0.25, 0.3) is 0 Å². The second kappa shape index (κ2) is 3.82. The Morgan fingerprint density at radius 1 is 1.15 bits per heavy atom. The number of carbonyl (C=O) groups excluding carboxylic acids is 2. The van der Waals surface area contributed by atoms with Crippen LogP contribution in [0.2, 0.25) is 0 Å². The summed E-state index contributed by atoms with van der Waals surface area (Å²) < 4.78 is 0. The highest BCUT2D eigenvalue weighted by molar-refractivity contribution is 5.97. The standard InChI is InChI=1S/C9H9NO3/c1-6(11)7-2-4-8(5-3-7)9(12)10-13/h2-5,13H,1H3,(H,10,12). The van der Waals surface area contributed by atoms with Crippen LogP contribution in [0.3, 0.4) is 0 Å². The van der Waals surface area contributed by atoms with Crippen LogP contribution in [0.15, 0.2) is 24.3 Å². The lowest BCUT2D eigenvalue weighted by Crippen LogP contribution is -2.18. The fourth-order valence-electron chi connectivity index (χ4n) is 0.921. The number of benzene rings is 1. The Labute approximate surface area is 75.1 Å². The molecule has 0 aliphatic carbocycles. The first-order valence-corrected chi connectivity index (χ1v) is 3.70. The van der Waals surface area contributed by atoms with Crippen molar-refractivity contribution >= 4 is 11.7 Å². The predicted molar refractivity (Wildman–Crippen MR) is 45.7 cm³/mol. The van der Waals surface area contributed by atoms with Crippen molar-refractivity contribution in [3.05, 3.63) is 35.4 Å². The van der Waals surface area contributed by atoms with Crippen molar-refractivity contribution in [1.29, 1.82) is 0 Å². The van der Waals surface area contributed by atoms with Crippen molar-refractivity contribution in [2.24, 2.45) is 0 Å². The zero-order valence-corrected chi connectivity index (χ0v) is 7.07. The van der Waals surface area contributed by atoms with Gasteiger partial charge in [-0.05, 0) is 19.1 Å². The molecule has 4 nitrogen and oxygen atoms in total. The molecule has 0 saturated heterocycles. The monoisotopic (exact) mass is 179 g/mol. The summed E-state index contributed by atoms with van der Waals surface area (Å²) in [6.45, 7) is 1.45. The van der Waals surface area contributed by atoms with Crippen molar-refractivity contribution in [3.8, 4) is 0 Å². The Morgan fingerprint density at radius 3 is 2.00 bits per heavy atom.